The summed E-state index contributed by atoms with van der Waals surface area (Å²) in [7, 11) is 1.67. The zero-order chi connectivity index (χ0) is 13.7. The van der Waals surface area contributed by atoms with Crippen LogP contribution in [0.25, 0.3) is 0 Å². The van der Waals surface area contributed by atoms with E-state index in [9.17, 15) is 0 Å². The first kappa shape index (κ1) is 13.6. The molecule has 102 valence electrons. The number of rotatable bonds is 6. The molecule has 0 amide bonds. The van der Waals surface area contributed by atoms with E-state index in [1.54, 1.807) is 7.11 Å². The van der Waals surface area contributed by atoms with Gasteiger partial charge in [-0.1, -0.05) is 12.1 Å². The van der Waals surface area contributed by atoms with Crippen molar-refractivity contribution in [3.63, 3.8) is 0 Å². The minimum absolute atomic E-state index is 0.0378. The van der Waals surface area contributed by atoms with Crippen LogP contribution in [-0.4, -0.2) is 7.11 Å². The van der Waals surface area contributed by atoms with Gasteiger partial charge in [0.25, 0.3) is 0 Å². The molecule has 1 atom stereocenters. The van der Waals surface area contributed by atoms with Crippen molar-refractivity contribution in [2.75, 3.05) is 7.11 Å². The van der Waals surface area contributed by atoms with Gasteiger partial charge in [0.05, 0.1) is 13.2 Å². The summed E-state index contributed by atoms with van der Waals surface area (Å²) in [6.07, 6.45) is 1.81. The van der Waals surface area contributed by atoms with E-state index in [1.165, 1.54) is 5.56 Å². The second kappa shape index (κ2) is 6.41. The Balaban J connectivity index is 1.95. The fourth-order valence-electron chi connectivity index (χ4n) is 2.05. The lowest BCUT2D eigenvalue weighted by Gasteiger charge is -2.13. The van der Waals surface area contributed by atoms with E-state index in [1.807, 2.05) is 31.2 Å². The van der Waals surface area contributed by atoms with Crippen molar-refractivity contribution >= 4 is 0 Å². The van der Waals surface area contributed by atoms with Gasteiger partial charge in [0.15, 0.2) is 0 Å². The second-order valence-corrected chi connectivity index (χ2v) is 4.55. The zero-order valence-electron chi connectivity index (χ0n) is 11.3. The van der Waals surface area contributed by atoms with E-state index in [4.69, 9.17) is 15.0 Å². The summed E-state index contributed by atoms with van der Waals surface area (Å²) in [6.45, 7) is 1.93. The van der Waals surface area contributed by atoms with Gasteiger partial charge in [0.1, 0.15) is 17.3 Å². The quantitative estimate of drug-likeness (QED) is 0.619. The van der Waals surface area contributed by atoms with Crippen LogP contribution in [-0.2, 0) is 6.42 Å². The van der Waals surface area contributed by atoms with Crippen molar-refractivity contribution in [3.05, 3.63) is 53.5 Å². The monoisotopic (exact) mass is 260 g/mol. The first-order chi connectivity index (χ1) is 9.22. The number of methoxy groups -OCH3 is 1. The third-order valence-electron chi connectivity index (χ3n) is 3.19. The zero-order valence-corrected chi connectivity index (χ0v) is 11.3. The molecule has 2 aromatic rings. The Bertz CT molecular complexity index is 505. The van der Waals surface area contributed by atoms with E-state index in [0.717, 1.165) is 30.1 Å². The van der Waals surface area contributed by atoms with Crippen molar-refractivity contribution in [1.82, 2.24) is 5.43 Å². The lowest BCUT2D eigenvalue weighted by atomic mass is 10.0. The molecule has 3 N–H and O–H groups in total. The molecule has 4 nitrogen and oxygen atoms in total. The minimum atomic E-state index is 0.0378. The minimum Gasteiger partial charge on any atom is -0.497 e. The summed E-state index contributed by atoms with van der Waals surface area (Å²) in [5.41, 5.74) is 4.06. The van der Waals surface area contributed by atoms with Crippen molar-refractivity contribution in [2.45, 2.75) is 25.8 Å². The lowest BCUT2D eigenvalue weighted by Crippen LogP contribution is -2.28. The van der Waals surface area contributed by atoms with Crippen molar-refractivity contribution in [2.24, 2.45) is 5.84 Å². The number of aryl methyl sites for hydroxylation is 2. The molecule has 0 saturated carbocycles. The molecular formula is C15H20N2O2. The first-order valence-electron chi connectivity index (χ1n) is 6.38. The lowest BCUT2D eigenvalue weighted by molar-refractivity contribution is 0.389. The van der Waals surface area contributed by atoms with Gasteiger partial charge < -0.3 is 9.15 Å². The third kappa shape index (κ3) is 3.59. The molecule has 0 aliphatic heterocycles. The Kier molecular flexibility index (Phi) is 4.60. The number of benzene rings is 1. The predicted molar refractivity (Wildman–Crippen MR) is 74.8 cm³/mol. The Morgan fingerprint density at radius 3 is 2.47 bits per heavy atom. The molecule has 0 bridgehead atoms. The van der Waals surface area contributed by atoms with Crippen LogP contribution in [0.5, 0.6) is 5.75 Å². The third-order valence-corrected chi connectivity index (χ3v) is 3.19. The Morgan fingerprint density at radius 1 is 1.21 bits per heavy atom. The van der Waals surface area contributed by atoms with Gasteiger partial charge in [0, 0.05) is 0 Å². The highest BCUT2D eigenvalue weighted by atomic mass is 16.5. The molecule has 2 rings (SSSR count). The number of furan rings is 1. The molecule has 4 heteroatoms. The Hall–Kier alpha value is -1.78. The highest BCUT2D eigenvalue weighted by molar-refractivity contribution is 5.27. The second-order valence-electron chi connectivity index (χ2n) is 4.55. The maximum atomic E-state index is 5.60. The van der Waals surface area contributed by atoms with Gasteiger partial charge in [0.2, 0.25) is 0 Å². The molecule has 0 fully saturated rings. The van der Waals surface area contributed by atoms with Gasteiger partial charge in [-0.15, -0.1) is 0 Å². The topological polar surface area (TPSA) is 60.4 Å². The normalized spacial score (nSPS) is 12.4. The van der Waals surface area contributed by atoms with Crippen LogP contribution in [0.2, 0.25) is 0 Å². The number of nitrogens with two attached hydrogens (primary N) is 1. The van der Waals surface area contributed by atoms with Crippen LogP contribution in [0, 0.1) is 6.92 Å². The molecule has 1 unspecified atom stereocenters. The number of ether oxygens (including phenoxy) is 1. The fourth-order valence-corrected chi connectivity index (χ4v) is 2.05. The number of nitrogens with one attached hydrogen (secondary N) is 1. The summed E-state index contributed by atoms with van der Waals surface area (Å²) in [4.78, 5) is 0. The van der Waals surface area contributed by atoms with Crippen LogP contribution in [0.3, 0.4) is 0 Å². The van der Waals surface area contributed by atoms with Gasteiger partial charge in [-0.3, -0.25) is 5.84 Å². The van der Waals surface area contributed by atoms with E-state index >= 15 is 0 Å². The molecule has 19 heavy (non-hydrogen) atoms. The van der Waals surface area contributed by atoms with Crippen LogP contribution in [0.15, 0.2) is 40.8 Å². The molecule has 0 saturated heterocycles. The van der Waals surface area contributed by atoms with Crippen LogP contribution in [0.4, 0.5) is 0 Å². The van der Waals surface area contributed by atoms with E-state index < -0.39 is 0 Å². The fraction of sp³-hybridized carbons (Fsp3) is 0.333. The molecule has 1 heterocycles. The number of hydrogen-bond acceptors (Lipinski definition) is 4. The molecule has 0 aliphatic carbocycles. The summed E-state index contributed by atoms with van der Waals surface area (Å²) in [6, 6.07) is 12.0. The molecule has 1 aromatic carbocycles. The maximum absolute atomic E-state index is 5.60. The maximum Gasteiger partial charge on any atom is 0.122 e. The van der Waals surface area contributed by atoms with E-state index in [0.29, 0.717) is 0 Å². The summed E-state index contributed by atoms with van der Waals surface area (Å²) < 4.78 is 10.7. The number of hydrogen-bond donors (Lipinski definition) is 2. The smallest absolute Gasteiger partial charge is 0.122 e. The molecular weight excluding hydrogens is 240 g/mol. The van der Waals surface area contributed by atoms with Crippen molar-refractivity contribution in [1.29, 1.82) is 0 Å². The van der Waals surface area contributed by atoms with Gasteiger partial charge in [-0.2, -0.15) is 0 Å². The largest absolute Gasteiger partial charge is 0.497 e. The molecule has 0 aliphatic rings. The average Bonchev–Trinajstić information content (AvgIpc) is 2.87. The highest BCUT2D eigenvalue weighted by Gasteiger charge is 2.13. The van der Waals surface area contributed by atoms with Crippen molar-refractivity contribution < 1.29 is 9.15 Å². The predicted octanol–water partition coefficient (Wildman–Crippen LogP) is 2.73. The van der Waals surface area contributed by atoms with Crippen LogP contribution in [0.1, 0.15) is 29.5 Å². The average molecular weight is 260 g/mol. The summed E-state index contributed by atoms with van der Waals surface area (Å²) >= 11 is 0. The molecule has 0 radical (unpaired) electrons. The highest BCUT2D eigenvalue weighted by Crippen LogP contribution is 2.21. The Morgan fingerprint density at radius 2 is 1.95 bits per heavy atom. The van der Waals surface area contributed by atoms with E-state index in [2.05, 4.69) is 17.6 Å². The number of hydrazine groups is 1. The Labute approximate surface area is 113 Å². The van der Waals surface area contributed by atoms with Crippen LogP contribution < -0.4 is 16.0 Å². The summed E-state index contributed by atoms with van der Waals surface area (Å²) in [5, 5.41) is 0. The SMILES string of the molecule is COc1ccc(CCC(NN)c2ccc(C)o2)cc1. The van der Waals surface area contributed by atoms with Gasteiger partial charge in [-0.25, -0.2) is 5.43 Å². The van der Waals surface area contributed by atoms with Gasteiger partial charge in [-0.05, 0) is 49.6 Å². The first-order valence-corrected chi connectivity index (χ1v) is 6.38. The standard InChI is InChI=1S/C15H20N2O2/c1-11-3-10-15(19-11)14(17-16)9-6-12-4-7-13(18-2)8-5-12/h3-5,7-8,10,14,17H,6,9,16H2,1-2H3. The van der Waals surface area contributed by atoms with Crippen LogP contribution >= 0.6 is 0 Å². The molecule has 1 aromatic heterocycles. The van der Waals surface area contributed by atoms with Crippen molar-refractivity contribution in [3.8, 4) is 5.75 Å². The van der Waals surface area contributed by atoms with E-state index in [-0.39, 0.29) is 6.04 Å². The molecule has 0 spiro atoms. The van der Waals surface area contributed by atoms with Gasteiger partial charge >= 0.3 is 0 Å². The summed E-state index contributed by atoms with van der Waals surface area (Å²) in [5.74, 6) is 8.25.